The van der Waals surface area contributed by atoms with Gasteiger partial charge in [0, 0.05) is 12.1 Å². The Hall–Kier alpha value is -1.55. The Labute approximate surface area is 98.3 Å². The number of anilines is 1. The molecule has 0 saturated heterocycles. The van der Waals surface area contributed by atoms with Crippen LogP contribution in [0.25, 0.3) is 0 Å². The summed E-state index contributed by atoms with van der Waals surface area (Å²) in [5.74, 6) is -0.745. The number of halogens is 1. The Balaban J connectivity index is 3.08. The van der Waals surface area contributed by atoms with E-state index in [1.807, 2.05) is 0 Å². The van der Waals surface area contributed by atoms with Crippen LogP contribution in [-0.4, -0.2) is 24.7 Å². The van der Waals surface area contributed by atoms with Crippen LogP contribution in [0.1, 0.15) is 15.9 Å². The third-order valence-corrected chi connectivity index (χ3v) is 2.37. The molecule has 0 aliphatic carbocycles. The van der Waals surface area contributed by atoms with E-state index < -0.39 is 5.97 Å². The number of hydrogen-bond donors (Lipinski definition) is 1. The number of ketones is 1. The summed E-state index contributed by atoms with van der Waals surface area (Å²) in [5.41, 5.74) is 6.96. The maximum Gasteiger partial charge on any atom is 0.338 e. The second kappa shape index (κ2) is 5.51. The van der Waals surface area contributed by atoms with E-state index in [-0.39, 0.29) is 18.1 Å². The van der Waals surface area contributed by atoms with Crippen molar-refractivity contribution in [3.8, 4) is 0 Å². The van der Waals surface area contributed by atoms with Crippen molar-refractivity contribution in [3.05, 3.63) is 29.3 Å². The van der Waals surface area contributed by atoms with Crippen LogP contribution in [0.15, 0.2) is 18.2 Å². The molecule has 0 saturated carbocycles. The first-order chi connectivity index (χ1) is 7.58. The highest BCUT2D eigenvalue weighted by Gasteiger charge is 2.14. The summed E-state index contributed by atoms with van der Waals surface area (Å²) in [6, 6.07) is 4.70. The maximum atomic E-state index is 11.4. The highest BCUT2D eigenvalue weighted by molar-refractivity contribution is 6.27. The number of carbonyl (C=O) groups excluding carboxylic acids is 2. The molecule has 0 spiro atoms. The Morgan fingerprint density at radius 3 is 2.69 bits per heavy atom. The van der Waals surface area contributed by atoms with Crippen molar-refractivity contribution in [1.82, 2.24) is 0 Å². The smallest absolute Gasteiger partial charge is 0.338 e. The first kappa shape index (κ1) is 12.5. The zero-order valence-corrected chi connectivity index (χ0v) is 9.58. The number of nitrogen functional groups attached to an aromatic ring is 1. The molecule has 0 aliphatic heterocycles. The van der Waals surface area contributed by atoms with Gasteiger partial charge in [0.2, 0.25) is 0 Å². The Morgan fingerprint density at radius 1 is 1.44 bits per heavy atom. The lowest BCUT2D eigenvalue weighted by atomic mass is 10.0. The van der Waals surface area contributed by atoms with E-state index in [4.69, 9.17) is 17.3 Å². The molecule has 0 heterocycles. The van der Waals surface area contributed by atoms with E-state index in [0.717, 1.165) is 0 Å². The lowest BCUT2D eigenvalue weighted by molar-refractivity contribution is -0.116. The normalized spacial score (nSPS) is 9.88. The van der Waals surface area contributed by atoms with Crippen LogP contribution < -0.4 is 5.73 Å². The number of ether oxygens (including phenoxy) is 1. The third kappa shape index (κ3) is 2.97. The largest absolute Gasteiger partial charge is 0.465 e. The molecule has 86 valence electrons. The number of hydrogen-bond acceptors (Lipinski definition) is 4. The molecular weight excluding hydrogens is 230 g/mol. The number of methoxy groups -OCH3 is 1. The Kier molecular flexibility index (Phi) is 4.31. The van der Waals surface area contributed by atoms with Crippen LogP contribution in [0, 0.1) is 0 Å². The summed E-state index contributed by atoms with van der Waals surface area (Å²) in [6.07, 6.45) is 0.0823. The summed E-state index contributed by atoms with van der Waals surface area (Å²) in [7, 11) is 1.28. The highest BCUT2D eigenvalue weighted by atomic mass is 35.5. The van der Waals surface area contributed by atoms with Gasteiger partial charge in [0.05, 0.1) is 18.6 Å². The third-order valence-electron chi connectivity index (χ3n) is 2.07. The molecule has 4 nitrogen and oxygen atoms in total. The van der Waals surface area contributed by atoms with Crippen LogP contribution in [0.2, 0.25) is 0 Å². The number of alkyl halides is 1. The standard InChI is InChI=1S/C11H12ClNO3/c1-16-11(15)10-3-2-8(13)4-7(10)5-9(14)6-12/h2-4H,5-6,13H2,1H3. The van der Waals surface area contributed by atoms with E-state index in [1.54, 1.807) is 12.1 Å². The first-order valence-corrected chi connectivity index (χ1v) is 5.16. The number of carbonyl (C=O) groups is 2. The summed E-state index contributed by atoms with van der Waals surface area (Å²) in [6.45, 7) is 0. The lowest BCUT2D eigenvalue weighted by Gasteiger charge is -2.07. The number of Topliss-reactive ketones (excluding diaryl/α,β-unsaturated/α-hetero) is 1. The Bertz CT molecular complexity index is 418. The molecule has 0 unspecified atom stereocenters. The molecule has 0 atom stereocenters. The van der Waals surface area contributed by atoms with Gasteiger partial charge in [-0.15, -0.1) is 11.6 Å². The van der Waals surface area contributed by atoms with Crippen molar-refractivity contribution in [2.75, 3.05) is 18.7 Å². The van der Waals surface area contributed by atoms with Gasteiger partial charge in [-0.2, -0.15) is 0 Å². The maximum absolute atomic E-state index is 11.4. The van der Waals surface area contributed by atoms with Crippen LogP contribution >= 0.6 is 11.6 Å². The van der Waals surface area contributed by atoms with Crippen LogP contribution in [-0.2, 0) is 16.0 Å². The van der Waals surface area contributed by atoms with Crippen LogP contribution in [0.4, 0.5) is 5.69 Å². The van der Waals surface area contributed by atoms with Gasteiger partial charge in [-0.1, -0.05) is 0 Å². The molecule has 0 radical (unpaired) electrons. The topological polar surface area (TPSA) is 69.4 Å². The number of esters is 1. The number of benzene rings is 1. The predicted molar refractivity (Wildman–Crippen MR) is 61.6 cm³/mol. The first-order valence-electron chi connectivity index (χ1n) is 4.63. The minimum absolute atomic E-state index is 0.0823. The molecular formula is C11H12ClNO3. The predicted octanol–water partition coefficient (Wildman–Crippen LogP) is 1.41. The van der Waals surface area contributed by atoms with E-state index in [9.17, 15) is 9.59 Å². The fourth-order valence-electron chi connectivity index (χ4n) is 1.33. The summed E-state index contributed by atoms with van der Waals surface area (Å²) in [4.78, 5) is 22.6. The van der Waals surface area contributed by atoms with Gasteiger partial charge < -0.3 is 10.5 Å². The van der Waals surface area contributed by atoms with Gasteiger partial charge in [-0.05, 0) is 23.8 Å². The van der Waals surface area contributed by atoms with E-state index in [2.05, 4.69) is 4.74 Å². The van der Waals surface area contributed by atoms with Crippen molar-refractivity contribution in [2.24, 2.45) is 0 Å². The Morgan fingerprint density at radius 2 is 2.12 bits per heavy atom. The monoisotopic (exact) mass is 241 g/mol. The fraction of sp³-hybridized carbons (Fsp3) is 0.273. The number of rotatable bonds is 4. The average molecular weight is 242 g/mol. The van der Waals surface area contributed by atoms with Gasteiger partial charge in [0.1, 0.15) is 0 Å². The molecule has 5 heteroatoms. The zero-order valence-electron chi connectivity index (χ0n) is 8.83. The van der Waals surface area contributed by atoms with Crippen LogP contribution in [0.3, 0.4) is 0 Å². The molecule has 16 heavy (non-hydrogen) atoms. The van der Waals surface area contributed by atoms with E-state index >= 15 is 0 Å². The molecule has 0 fully saturated rings. The second-order valence-corrected chi connectivity index (χ2v) is 3.52. The van der Waals surface area contributed by atoms with Gasteiger partial charge in [0.25, 0.3) is 0 Å². The lowest BCUT2D eigenvalue weighted by Crippen LogP contribution is -2.11. The van der Waals surface area contributed by atoms with Crippen molar-refractivity contribution in [1.29, 1.82) is 0 Å². The molecule has 0 aromatic heterocycles. The van der Waals surface area contributed by atoms with E-state index in [1.165, 1.54) is 13.2 Å². The molecule has 0 amide bonds. The second-order valence-electron chi connectivity index (χ2n) is 3.26. The minimum Gasteiger partial charge on any atom is -0.465 e. The highest BCUT2D eigenvalue weighted by Crippen LogP contribution is 2.16. The van der Waals surface area contributed by atoms with E-state index in [0.29, 0.717) is 16.8 Å². The van der Waals surface area contributed by atoms with Gasteiger partial charge >= 0.3 is 5.97 Å². The van der Waals surface area contributed by atoms with Crippen molar-refractivity contribution in [2.45, 2.75) is 6.42 Å². The van der Waals surface area contributed by atoms with Crippen molar-refractivity contribution in [3.63, 3.8) is 0 Å². The van der Waals surface area contributed by atoms with Crippen molar-refractivity contribution >= 4 is 29.0 Å². The average Bonchev–Trinajstić information content (AvgIpc) is 2.28. The molecule has 1 rings (SSSR count). The summed E-state index contributed by atoms with van der Waals surface area (Å²) < 4.78 is 4.61. The fourth-order valence-corrected chi connectivity index (χ4v) is 1.42. The van der Waals surface area contributed by atoms with Gasteiger partial charge in [-0.3, -0.25) is 4.79 Å². The van der Waals surface area contributed by atoms with Gasteiger partial charge in [-0.25, -0.2) is 4.79 Å². The molecule has 1 aromatic rings. The molecule has 1 aromatic carbocycles. The molecule has 2 N–H and O–H groups in total. The minimum atomic E-state index is -0.489. The van der Waals surface area contributed by atoms with Crippen molar-refractivity contribution < 1.29 is 14.3 Å². The SMILES string of the molecule is COC(=O)c1ccc(N)cc1CC(=O)CCl. The molecule has 0 aliphatic rings. The van der Waals surface area contributed by atoms with Gasteiger partial charge in [0.15, 0.2) is 5.78 Å². The number of nitrogens with two attached hydrogens (primary N) is 1. The summed E-state index contributed by atoms with van der Waals surface area (Å²) >= 11 is 5.41. The quantitative estimate of drug-likeness (QED) is 0.492. The summed E-state index contributed by atoms with van der Waals surface area (Å²) in [5, 5.41) is 0. The molecule has 0 bridgehead atoms. The zero-order chi connectivity index (χ0) is 12.1. The van der Waals surface area contributed by atoms with Crippen LogP contribution in [0.5, 0.6) is 0 Å².